The van der Waals surface area contributed by atoms with Crippen molar-refractivity contribution in [3.63, 3.8) is 0 Å². The van der Waals surface area contributed by atoms with Crippen molar-refractivity contribution in [1.29, 1.82) is 0 Å². The Bertz CT molecular complexity index is 2710. The number of imidazole rings is 1. The molecular formula is C52H49IrN5O-4. The number of aromatic nitrogens is 4. The quantitative estimate of drug-likeness (QED) is 0.0945. The van der Waals surface area contributed by atoms with Crippen molar-refractivity contribution in [2.24, 2.45) is 5.41 Å². The van der Waals surface area contributed by atoms with Crippen molar-refractivity contribution >= 4 is 38.8 Å². The monoisotopic (exact) mass is 952 g/mol. The van der Waals surface area contributed by atoms with Crippen molar-refractivity contribution < 1.29 is 24.5 Å². The van der Waals surface area contributed by atoms with Gasteiger partial charge in [0.2, 0.25) is 5.71 Å². The molecule has 0 N–H and O–H groups in total. The summed E-state index contributed by atoms with van der Waals surface area (Å²) in [4.78, 5) is 13.6. The Morgan fingerprint density at radius 3 is 2.39 bits per heavy atom. The predicted octanol–water partition coefficient (Wildman–Crippen LogP) is 13.0. The normalized spacial score (nSPS) is 12.5. The van der Waals surface area contributed by atoms with E-state index in [1.807, 2.05) is 106 Å². The zero-order valence-electron chi connectivity index (χ0n) is 34.9. The standard InChI is InChI=1S/C23H24N2O.C16H13N2.C13H12N.Ir/c1-6-8-16(14-23(3,4)5)13-20(24)19-10-7-9-17-18-12-11-15(2)25-22(18)26-21(17)19;1-2-6-13(7-3-1)16-17-14-10-4-8-12-9-5-11-18(16)15(12)14;1-10-3-6-12(7-4-10)13-8-5-11(2)9-14-13;/h6-9,11-13H,14H2,1-5H3;1-4,6,8,10H,5,9,11H2;3-6,8-9H,1-2H3;/q-2;2*-1;/b8-6-,16-13+;;;. The molecule has 1 aliphatic heterocycles. The van der Waals surface area contributed by atoms with Crippen LogP contribution in [0.1, 0.15) is 68.5 Å². The predicted molar refractivity (Wildman–Crippen MR) is 240 cm³/mol. The fourth-order valence-electron chi connectivity index (χ4n) is 7.27. The molecule has 6 nitrogen and oxygen atoms in total. The van der Waals surface area contributed by atoms with Gasteiger partial charge in [0.05, 0.1) is 16.9 Å². The molecule has 1 radical (unpaired) electrons. The first kappa shape index (κ1) is 42.8. The Labute approximate surface area is 362 Å². The van der Waals surface area contributed by atoms with Gasteiger partial charge in [0, 0.05) is 49.5 Å². The van der Waals surface area contributed by atoms with Crippen molar-refractivity contribution in [2.75, 3.05) is 0 Å². The number of hydrogen-bond acceptors (Lipinski definition) is 4. The minimum Gasteiger partial charge on any atom is -0.855 e. The fraction of sp³-hybridized carbons (Fsp3) is 0.231. The molecule has 5 heterocycles. The molecule has 0 bridgehead atoms. The molecule has 1 aliphatic rings. The molecule has 0 atom stereocenters. The van der Waals surface area contributed by atoms with E-state index in [9.17, 15) is 5.41 Å². The van der Waals surface area contributed by atoms with Gasteiger partial charge < -0.3 is 19.4 Å². The van der Waals surface area contributed by atoms with E-state index in [4.69, 9.17) is 9.40 Å². The molecule has 9 rings (SSSR count). The zero-order valence-corrected chi connectivity index (χ0v) is 37.2. The van der Waals surface area contributed by atoms with Crippen LogP contribution >= 0.6 is 0 Å². The van der Waals surface area contributed by atoms with Gasteiger partial charge in [-0.25, -0.2) is 10.7 Å². The maximum Gasteiger partial charge on any atom is 0.216 e. The van der Waals surface area contributed by atoms with Crippen molar-refractivity contribution in [1.82, 2.24) is 19.5 Å². The topological polar surface area (TPSA) is 79.0 Å². The minimum atomic E-state index is 0. The molecule has 59 heavy (non-hydrogen) atoms. The average Bonchev–Trinajstić information content (AvgIpc) is 3.78. The summed E-state index contributed by atoms with van der Waals surface area (Å²) in [5.41, 5.74) is 13.4. The van der Waals surface area contributed by atoms with E-state index < -0.39 is 0 Å². The van der Waals surface area contributed by atoms with Gasteiger partial charge in [-0.15, -0.1) is 101 Å². The molecule has 0 amide bonds. The van der Waals surface area contributed by atoms with E-state index in [1.165, 1.54) is 35.0 Å². The van der Waals surface area contributed by atoms with Crippen LogP contribution < -0.4 is 0 Å². The third-order valence-corrected chi connectivity index (χ3v) is 9.91. The SMILES string of the molecule is C/C=C\C(=C/C(=[N-])c1[c-]ccc2c1oc1nc(C)ccc12)CC(C)(C)C.Cc1c[c-]c(-c2ccc(C)cn2)cc1.[Ir].[c-]1ccccc1-c1nc2cccc3c2n1CCC3. The average molecular weight is 952 g/mol. The number of benzene rings is 4. The fourth-order valence-corrected chi connectivity index (χ4v) is 7.27. The second-order valence-corrected chi connectivity index (χ2v) is 16.1. The summed E-state index contributed by atoms with van der Waals surface area (Å²) in [6.45, 7) is 15.6. The molecule has 0 saturated carbocycles. The Balaban J connectivity index is 0.000000155. The van der Waals surface area contributed by atoms with Crippen LogP contribution in [0.3, 0.4) is 0 Å². The second kappa shape index (κ2) is 18.9. The molecule has 4 aromatic carbocycles. The van der Waals surface area contributed by atoms with Crippen molar-refractivity contribution in [3.05, 3.63) is 179 Å². The van der Waals surface area contributed by atoms with E-state index in [2.05, 4.69) is 96.8 Å². The number of para-hydroxylation sites is 1. The van der Waals surface area contributed by atoms with E-state index in [1.54, 1.807) is 0 Å². The summed E-state index contributed by atoms with van der Waals surface area (Å²) in [5.74, 6) is 1.05. The molecule has 301 valence electrons. The number of rotatable bonds is 6. The number of allylic oxidation sites excluding steroid dienone is 4. The van der Waals surface area contributed by atoms with Crippen LogP contribution in [-0.2, 0) is 33.1 Å². The number of hydrogen-bond donors (Lipinski definition) is 0. The first-order chi connectivity index (χ1) is 28.0. The van der Waals surface area contributed by atoms with Gasteiger partial charge in [-0.05, 0) is 80.5 Å². The van der Waals surface area contributed by atoms with Crippen LogP contribution in [0.25, 0.3) is 61.2 Å². The Morgan fingerprint density at radius 2 is 1.68 bits per heavy atom. The minimum absolute atomic E-state index is 0. The molecule has 0 saturated heterocycles. The summed E-state index contributed by atoms with van der Waals surface area (Å²) in [7, 11) is 0. The summed E-state index contributed by atoms with van der Waals surface area (Å²) >= 11 is 0. The van der Waals surface area contributed by atoms with E-state index in [0.29, 0.717) is 16.9 Å². The van der Waals surface area contributed by atoms with Crippen molar-refractivity contribution in [2.45, 2.75) is 74.3 Å². The van der Waals surface area contributed by atoms with Gasteiger partial charge in [0.25, 0.3) is 0 Å². The first-order valence-electron chi connectivity index (χ1n) is 19.9. The molecule has 0 unspecified atom stereocenters. The van der Waals surface area contributed by atoms with Gasteiger partial charge in [0.15, 0.2) is 0 Å². The van der Waals surface area contributed by atoms with Gasteiger partial charge in [-0.2, -0.15) is 0 Å². The summed E-state index contributed by atoms with van der Waals surface area (Å²) < 4.78 is 8.30. The van der Waals surface area contributed by atoms with Crippen LogP contribution in [-0.4, -0.2) is 25.2 Å². The number of fused-ring (bicyclic) bond motifs is 3. The maximum atomic E-state index is 10.8. The number of nitrogens with zero attached hydrogens (tertiary/aromatic N) is 5. The van der Waals surface area contributed by atoms with Gasteiger partial charge in [-0.3, -0.25) is 4.98 Å². The largest absolute Gasteiger partial charge is 0.855 e. The molecule has 0 aliphatic carbocycles. The second-order valence-electron chi connectivity index (χ2n) is 16.1. The third kappa shape index (κ3) is 10.3. The first-order valence-corrected chi connectivity index (χ1v) is 19.9. The van der Waals surface area contributed by atoms with Gasteiger partial charge in [-0.1, -0.05) is 75.1 Å². The Hall–Kier alpha value is -5.75. The summed E-state index contributed by atoms with van der Waals surface area (Å²) in [5, 5.41) is 12.7. The molecular weight excluding hydrogens is 903 g/mol. The van der Waals surface area contributed by atoms with Gasteiger partial charge in [0.1, 0.15) is 0 Å². The molecule has 8 aromatic rings. The summed E-state index contributed by atoms with van der Waals surface area (Å²) in [6.07, 6.45) is 10.9. The van der Waals surface area contributed by atoms with Crippen LogP contribution in [0.5, 0.6) is 0 Å². The van der Waals surface area contributed by atoms with E-state index in [0.717, 1.165) is 63.2 Å². The van der Waals surface area contributed by atoms with Crippen LogP contribution in [0, 0.1) is 44.4 Å². The van der Waals surface area contributed by atoms with Crippen LogP contribution in [0.4, 0.5) is 0 Å². The van der Waals surface area contributed by atoms with E-state index in [-0.39, 0.29) is 31.2 Å². The smallest absolute Gasteiger partial charge is 0.216 e. The summed E-state index contributed by atoms with van der Waals surface area (Å²) in [6, 6.07) is 42.0. The number of aryl methyl sites for hydroxylation is 5. The number of furan rings is 1. The number of pyridine rings is 2. The van der Waals surface area contributed by atoms with E-state index >= 15 is 0 Å². The van der Waals surface area contributed by atoms with Gasteiger partial charge >= 0.3 is 0 Å². The molecule has 4 aromatic heterocycles. The van der Waals surface area contributed by atoms with Crippen LogP contribution in [0.2, 0.25) is 0 Å². The Morgan fingerprint density at radius 1 is 0.847 bits per heavy atom. The molecule has 0 spiro atoms. The molecule has 7 heteroatoms. The zero-order chi connectivity index (χ0) is 40.8. The third-order valence-electron chi connectivity index (χ3n) is 9.91. The maximum absolute atomic E-state index is 10.8. The molecule has 0 fully saturated rings. The van der Waals surface area contributed by atoms with Crippen molar-refractivity contribution in [3.8, 4) is 22.6 Å². The van der Waals surface area contributed by atoms with Crippen LogP contribution in [0.15, 0.2) is 131 Å². The Kier molecular flexibility index (Phi) is 13.7.